The lowest BCUT2D eigenvalue weighted by atomic mass is 10.2. The van der Waals surface area contributed by atoms with E-state index in [0.29, 0.717) is 10.8 Å². The fourth-order valence-corrected chi connectivity index (χ4v) is 2.15. The lowest BCUT2D eigenvalue weighted by molar-refractivity contribution is -0.141. The molecule has 0 unspecified atom stereocenters. The molecule has 0 radical (unpaired) electrons. The van der Waals surface area contributed by atoms with Gasteiger partial charge in [0.25, 0.3) is 0 Å². The quantitative estimate of drug-likeness (QED) is 0.757. The van der Waals surface area contributed by atoms with Gasteiger partial charge in [-0.1, -0.05) is 23.7 Å². The monoisotopic (exact) mass is 324 g/mol. The summed E-state index contributed by atoms with van der Waals surface area (Å²) in [7, 11) is 0. The average molecular weight is 325 g/mol. The summed E-state index contributed by atoms with van der Waals surface area (Å²) in [5.74, 6) is 0.341. The lowest BCUT2D eigenvalue weighted by Crippen LogP contribution is -2.09. The molecule has 8 heteroatoms. The van der Waals surface area contributed by atoms with Gasteiger partial charge in [-0.2, -0.15) is 13.2 Å². The van der Waals surface area contributed by atoms with Gasteiger partial charge in [0.05, 0.1) is 0 Å². The van der Waals surface area contributed by atoms with E-state index in [0.717, 1.165) is 23.2 Å². The third-order valence-electron chi connectivity index (χ3n) is 2.92. The second-order valence-electron chi connectivity index (χ2n) is 4.44. The predicted octanol–water partition coefficient (Wildman–Crippen LogP) is 4.44. The van der Waals surface area contributed by atoms with E-state index >= 15 is 0 Å². The Morgan fingerprint density at radius 2 is 1.77 bits per heavy atom. The van der Waals surface area contributed by atoms with Crippen molar-refractivity contribution < 1.29 is 13.2 Å². The summed E-state index contributed by atoms with van der Waals surface area (Å²) in [6.45, 7) is 0. The minimum absolute atomic E-state index is 0.00114. The van der Waals surface area contributed by atoms with Crippen LogP contribution in [-0.2, 0) is 6.18 Å². The Kier molecular flexibility index (Phi) is 3.58. The van der Waals surface area contributed by atoms with E-state index < -0.39 is 11.9 Å². The van der Waals surface area contributed by atoms with Crippen LogP contribution in [0.25, 0.3) is 10.8 Å². The molecule has 112 valence electrons. The highest BCUT2D eigenvalue weighted by atomic mass is 35.5. The molecule has 1 N–H and O–H groups in total. The second kappa shape index (κ2) is 5.42. The van der Waals surface area contributed by atoms with Crippen LogP contribution in [0.2, 0.25) is 5.02 Å². The highest BCUT2D eigenvalue weighted by Gasteiger charge is 2.32. The summed E-state index contributed by atoms with van der Waals surface area (Å²) in [6, 6.07) is 7.82. The van der Waals surface area contributed by atoms with Gasteiger partial charge in [-0.3, -0.25) is 0 Å². The zero-order valence-electron chi connectivity index (χ0n) is 10.9. The molecule has 0 fully saturated rings. The third-order valence-corrected chi connectivity index (χ3v) is 3.25. The number of fused-ring (bicyclic) bond motifs is 1. The molecule has 0 aliphatic rings. The molecule has 3 rings (SSSR count). The molecule has 22 heavy (non-hydrogen) atoms. The molecule has 1 aromatic carbocycles. The fourth-order valence-electron chi connectivity index (χ4n) is 1.91. The number of nitrogens with one attached hydrogen (secondary N) is 1. The molecule has 0 atom stereocenters. The van der Waals surface area contributed by atoms with E-state index in [1.165, 1.54) is 0 Å². The highest BCUT2D eigenvalue weighted by molar-refractivity contribution is 6.35. The van der Waals surface area contributed by atoms with Crippen LogP contribution in [0.3, 0.4) is 0 Å². The molecule has 3 aromatic rings. The maximum absolute atomic E-state index is 12.6. The Bertz CT molecular complexity index is 836. The van der Waals surface area contributed by atoms with Crippen LogP contribution in [0.15, 0.2) is 42.9 Å². The van der Waals surface area contributed by atoms with Crippen molar-refractivity contribution in [2.45, 2.75) is 6.18 Å². The van der Waals surface area contributed by atoms with Gasteiger partial charge in [0, 0.05) is 28.1 Å². The molecule has 0 aliphatic carbocycles. The number of rotatable bonds is 2. The molecule has 2 heterocycles. The van der Waals surface area contributed by atoms with Gasteiger partial charge in [0.2, 0.25) is 0 Å². The predicted molar refractivity (Wildman–Crippen MR) is 77.1 cm³/mol. The first-order valence-electron chi connectivity index (χ1n) is 6.14. The van der Waals surface area contributed by atoms with Crippen molar-refractivity contribution in [2.75, 3.05) is 5.32 Å². The fraction of sp³-hybridized carbons (Fsp3) is 0.0714. The normalized spacial score (nSPS) is 11.6. The maximum atomic E-state index is 12.6. The van der Waals surface area contributed by atoms with Crippen LogP contribution in [0, 0.1) is 0 Å². The molecule has 0 amide bonds. The molecule has 2 aromatic heterocycles. The number of alkyl halides is 3. The number of anilines is 2. The van der Waals surface area contributed by atoms with Gasteiger partial charge >= 0.3 is 6.18 Å². The molecule has 0 bridgehead atoms. The molecular formula is C14H8ClF3N4. The van der Waals surface area contributed by atoms with E-state index in [9.17, 15) is 13.2 Å². The summed E-state index contributed by atoms with van der Waals surface area (Å²) in [4.78, 5) is 11.1. The van der Waals surface area contributed by atoms with Gasteiger partial charge in [0.15, 0.2) is 0 Å². The topological polar surface area (TPSA) is 50.7 Å². The third kappa shape index (κ3) is 2.94. The number of hydrogen-bond acceptors (Lipinski definition) is 4. The van der Waals surface area contributed by atoms with Crippen LogP contribution in [-0.4, -0.2) is 15.0 Å². The van der Waals surface area contributed by atoms with Crippen molar-refractivity contribution in [3.63, 3.8) is 0 Å². The van der Waals surface area contributed by atoms with Crippen molar-refractivity contribution in [3.05, 3.63) is 53.6 Å². The molecule has 4 nitrogen and oxygen atoms in total. The van der Waals surface area contributed by atoms with E-state index in [1.807, 2.05) is 6.07 Å². The molecular weight excluding hydrogens is 317 g/mol. The SMILES string of the molecule is FC(F)(F)c1cc(Nc2cc3c(Cl)cccc3cn2)ncn1. The van der Waals surface area contributed by atoms with Gasteiger partial charge in [-0.05, 0) is 12.1 Å². The lowest BCUT2D eigenvalue weighted by Gasteiger charge is -2.09. The zero-order chi connectivity index (χ0) is 15.7. The summed E-state index contributed by atoms with van der Waals surface area (Å²) in [5, 5.41) is 4.82. The van der Waals surface area contributed by atoms with E-state index in [4.69, 9.17) is 11.6 Å². The Morgan fingerprint density at radius 1 is 1.00 bits per heavy atom. The van der Waals surface area contributed by atoms with E-state index in [-0.39, 0.29) is 5.82 Å². The molecule has 0 aliphatic heterocycles. The first kappa shape index (κ1) is 14.5. The van der Waals surface area contributed by atoms with Gasteiger partial charge < -0.3 is 5.32 Å². The van der Waals surface area contributed by atoms with Crippen molar-refractivity contribution in [1.29, 1.82) is 0 Å². The van der Waals surface area contributed by atoms with Crippen LogP contribution in [0.4, 0.5) is 24.8 Å². The number of pyridine rings is 1. The van der Waals surface area contributed by atoms with E-state index in [2.05, 4.69) is 20.3 Å². The Balaban J connectivity index is 1.95. The molecule has 0 spiro atoms. The number of nitrogens with zero attached hydrogens (tertiary/aromatic N) is 3. The summed E-state index contributed by atoms with van der Waals surface area (Å²) >= 11 is 6.09. The Morgan fingerprint density at radius 3 is 2.55 bits per heavy atom. The number of benzene rings is 1. The minimum Gasteiger partial charge on any atom is -0.325 e. The number of halogens is 4. The maximum Gasteiger partial charge on any atom is 0.433 e. The molecule has 0 saturated heterocycles. The minimum atomic E-state index is -4.53. The smallest absolute Gasteiger partial charge is 0.325 e. The van der Waals surface area contributed by atoms with Crippen molar-refractivity contribution in [3.8, 4) is 0 Å². The number of hydrogen-bond donors (Lipinski definition) is 1. The first-order chi connectivity index (χ1) is 10.4. The van der Waals surface area contributed by atoms with Crippen LogP contribution in [0.1, 0.15) is 5.69 Å². The van der Waals surface area contributed by atoms with Crippen LogP contribution in [0.5, 0.6) is 0 Å². The average Bonchev–Trinajstić information content (AvgIpc) is 2.48. The largest absolute Gasteiger partial charge is 0.433 e. The zero-order valence-corrected chi connectivity index (χ0v) is 11.7. The van der Waals surface area contributed by atoms with Gasteiger partial charge in [-0.25, -0.2) is 15.0 Å². The second-order valence-corrected chi connectivity index (χ2v) is 4.85. The van der Waals surface area contributed by atoms with Gasteiger partial charge in [0.1, 0.15) is 23.7 Å². The Labute approximate surface area is 128 Å². The van der Waals surface area contributed by atoms with Crippen LogP contribution < -0.4 is 5.32 Å². The summed E-state index contributed by atoms with van der Waals surface area (Å²) < 4.78 is 37.9. The van der Waals surface area contributed by atoms with E-state index in [1.54, 1.807) is 24.4 Å². The van der Waals surface area contributed by atoms with Crippen molar-refractivity contribution >= 4 is 34.0 Å². The van der Waals surface area contributed by atoms with Crippen molar-refractivity contribution in [1.82, 2.24) is 15.0 Å². The standard InChI is InChI=1S/C14H8ClF3N4/c15-10-3-1-2-8-6-19-12(4-9(8)10)22-13-5-11(14(16,17)18)20-7-21-13/h1-7H,(H,19,20,21,22). The summed E-state index contributed by atoms with van der Waals surface area (Å²) in [6.07, 6.45) is -2.10. The van der Waals surface area contributed by atoms with Crippen molar-refractivity contribution in [2.24, 2.45) is 0 Å². The molecule has 0 saturated carbocycles. The summed E-state index contributed by atoms with van der Waals surface area (Å²) in [5.41, 5.74) is -1.02. The number of aromatic nitrogens is 3. The van der Waals surface area contributed by atoms with Gasteiger partial charge in [-0.15, -0.1) is 0 Å². The first-order valence-corrected chi connectivity index (χ1v) is 6.52. The Hall–Kier alpha value is -2.41. The van der Waals surface area contributed by atoms with Crippen LogP contribution >= 0.6 is 11.6 Å². The highest BCUT2D eigenvalue weighted by Crippen LogP contribution is 2.29.